The summed E-state index contributed by atoms with van der Waals surface area (Å²) < 4.78 is 5.52. The molecule has 0 radical (unpaired) electrons. The lowest BCUT2D eigenvalue weighted by Gasteiger charge is -2.18. The van der Waals surface area contributed by atoms with Crippen molar-refractivity contribution in [2.45, 2.75) is 40.0 Å². The van der Waals surface area contributed by atoms with Crippen molar-refractivity contribution in [1.82, 2.24) is 0 Å². The van der Waals surface area contributed by atoms with Gasteiger partial charge >= 0.3 is 5.97 Å². The molecule has 3 nitrogen and oxygen atoms in total. The number of hydrogen-bond acceptors (Lipinski definition) is 2. The predicted octanol–water partition coefficient (Wildman–Crippen LogP) is 4.05. The Bertz CT molecular complexity index is 627. The summed E-state index contributed by atoms with van der Waals surface area (Å²) in [4.78, 5) is 11.3. The number of aryl methyl sites for hydroxylation is 2. The molecule has 1 aromatic heterocycles. The number of aromatic carboxylic acids is 1. The molecule has 0 amide bonds. The highest BCUT2D eigenvalue weighted by atomic mass is 16.4. The van der Waals surface area contributed by atoms with Gasteiger partial charge in [0.15, 0.2) is 0 Å². The monoisotopic (exact) mass is 246 g/mol. The van der Waals surface area contributed by atoms with E-state index in [1.165, 1.54) is 0 Å². The van der Waals surface area contributed by atoms with Crippen molar-refractivity contribution in [2.24, 2.45) is 0 Å². The minimum atomic E-state index is -1.01. The molecule has 0 aliphatic heterocycles. The van der Waals surface area contributed by atoms with Crippen molar-refractivity contribution in [3.8, 4) is 0 Å². The lowest BCUT2D eigenvalue weighted by atomic mass is 9.84. The van der Waals surface area contributed by atoms with Gasteiger partial charge in [0.25, 0.3) is 0 Å². The van der Waals surface area contributed by atoms with Crippen LogP contribution in [0.5, 0.6) is 0 Å². The molecule has 1 aromatic carbocycles. The van der Waals surface area contributed by atoms with Gasteiger partial charge in [-0.25, -0.2) is 4.79 Å². The van der Waals surface area contributed by atoms with E-state index >= 15 is 0 Å². The van der Waals surface area contributed by atoms with Gasteiger partial charge in [0.2, 0.25) is 5.76 Å². The molecular formula is C15H18O3. The van der Waals surface area contributed by atoms with Gasteiger partial charge in [-0.1, -0.05) is 20.8 Å². The van der Waals surface area contributed by atoms with Crippen molar-refractivity contribution < 1.29 is 14.3 Å². The van der Waals surface area contributed by atoms with E-state index in [1.807, 2.05) is 46.8 Å². The lowest BCUT2D eigenvalue weighted by molar-refractivity contribution is 0.0661. The third-order valence-corrected chi connectivity index (χ3v) is 3.25. The van der Waals surface area contributed by atoms with Crippen LogP contribution in [0.1, 0.15) is 48.0 Å². The second-order valence-electron chi connectivity index (χ2n) is 5.79. The fourth-order valence-corrected chi connectivity index (χ4v) is 2.25. The van der Waals surface area contributed by atoms with E-state index < -0.39 is 5.97 Å². The van der Waals surface area contributed by atoms with Gasteiger partial charge in [0.1, 0.15) is 5.58 Å². The predicted molar refractivity (Wildman–Crippen MR) is 71.3 cm³/mol. The number of carboxylic acid groups (broad SMARTS) is 1. The van der Waals surface area contributed by atoms with Crippen LogP contribution in [0.25, 0.3) is 11.0 Å². The Balaban J connectivity index is 2.90. The Morgan fingerprint density at radius 2 is 1.72 bits per heavy atom. The first-order chi connectivity index (χ1) is 8.21. The lowest BCUT2D eigenvalue weighted by Crippen LogP contribution is -2.15. The van der Waals surface area contributed by atoms with Crippen molar-refractivity contribution in [3.05, 3.63) is 34.6 Å². The maximum atomic E-state index is 11.3. The van der Waals surface area contributed by atoms with Crippen molar-refractivity contribution in [3.63, 3.8) is 0 Å². The summed E-state index contributed by atoms with van der Waals surface area (Å²) in [6.45, 7) is 10.0. The summed E-state index contributed by atoms with van der Waals surface area (Å²) in [6, 6.07) is 3.92. The number of carboxylic acids is 1. The number of fused-ring (bicyclic) bond motifs is 1. The summed E-state index contributed by atoms with van der Waals surface area (Å²) in [7, 11) is 0. The van der Waals surface area contributed by atoms with E-state index in [1.54, 1.807) is 0 Å². The minimum Gasteiger partial charge on any atom is -0.475 e. The molecule has 96 valence electrons. The quantitative estimate of drug-likeness (QED) is 0.826. The highest BCUT2D eigenvalue weighted by molar-refractivity contribution is 5.96. The van der Waals surface area contributed by atoms with Crippen LogP contribution in [0.3, 0.4) is 0 Å². The van der Waals surface area contributed by atoms with E-state index in [0.29, 0.717) is 5.58 Å². The molecule has 0 aliphatic rings. The second kappa shape index (κ2) is 3.87. The maximum Gasteiger partial charge on any atom is 0.372 e. The van der Waals surface area contributed by atoms with Crippen molar-refractivity contribution in [2.75, 3.05) is 0 Å². The molecule has 3 heteroatoms. The molecule has 2 aromatic rings. The zero-order chi connectivity index (χ0) is 13.7. The molecule has 0 spiro atoms. The Labute approximate surface area is 106 Å². The molecule has 0 aliphatic carbocycles. The first-order valence-electron chi connectivity index (χ1n) is 5.99. The standard InChI is InChI=1S/C15H18O3/c1-8-6-10-11(7-9(8)2)18-13(14(16)17)12(10)15(3,4)5/h6-7H,1-5H3,(H,16,17). The Morgan fingerprint density at radius 3 is 2.22 bits per heavy atom. The van der Waals surface area contributed by atoms with Gasteiger partial charge in [-0.15, -0.1) is 0 Å². The molecule has 1 N–H and O–H groups in total. The normalized spacial score (nSPS) is 12.1. The molecule has 0 unspecified atom stereocenters. The highest BCUT2D eigenvalue weighted by Crippen LogP contribution is 2.36. The zero-order valence-corrected chi connectivity index (χ0v) is 11.4. The fourth-order valence-electron chi connectivity index (χ4n) is 2.25. The first-order valence-corrected chi connectivity index (χ1v) is 5.99. The van der Waals surface area contributed by atoms with E-state index in [9.17, 15) is 9.90 Å². The molecule has 18 heavy (non-hydrogen) atoms. The largest absolute Gasteiger partial charge is 0.475 e. The molecule has 0 saturated carbocycles. The van der Waals surface area contributed by atoms with Crippen LogP contribution in [0.15, 0.2) is 16.5 Å². The Hall–Kier alpha value is -1.77. The maximum absolute atomic E-state index is 11.3. The van der Waals surface area contributed by atoms with Crippen LogP contribution in [-0.2, 0) is 5.41 Å². The molecular weight excluding hydrogens is 228 g/mol. The van der Waals surface area contributed by atoms with Crippen LogP contribution in [0.4, 0.5) is 0 Å². The summed E-state index contributed by atoms with van der Waals surface area (Å²) in [5, 5.41) is 10.2. The second-order valence-corrected chi connectivity index (χ2v) is 5.79. The minimum absolute atomic E-state index is 0.0579. The van der Waals surface area contributed by atoms with Crippen LogP contribution in [0, 0.1) is 13.8 Å². The van der Waals surface area contributed by atoms with Crippen LogP contribution >= 0.6 is 0 Å². The van der Waals surface area contributed by atoms with E-state index in [4.69, 9.17) is 4.42 Å². The van der Waals surface area contributed by atoms with Crippen LogP contribution < -0.4 is 0 Å². The smallest absolute Gasteiger partial charge is 0.372 e. The Morgan fingerprint density at radius 1 is 1.17 bits per heavy atom. The molecule has 2 rings (SSSR count). The number of furan rings is 1. The average Bonchev–Trinajstić information content (AvgIpc) is 2.56. The third-order valence-electron chi connectivity index (χ3n) is 3.25. The fraction of sp³-hybridized carbons (Fsp3) is 0.400. The zero-order valence-electron chi connectivity index (χ0n) is 11.4. The molecule has 0 atom stereocenters. The van der Waals surface area contributed by atoms with Gasteiger partial charge in [0, 0.05) is 10.9 Å². The van der Waals surface area contributed by atoms with Crippen molar-refractivity contribution in [1.29, 1.82) is 0 Å². The van der Waals surface area contributed by atoms with E-state index in [2.05, 4.69) is 0 Å². The van der Waals surface area contributed by atoms with Crippen LogP contribution in [-0.4, -0.2) is 11.1 Å². The summed E-state index contributed by atoms with van der Waals surface area (Å²) in [5.74, 6) is -0.950. The van der Waals surface area contributed by atoms with Crippen molar-refractivity contribution >= 4 is 16.9 Å². The topological polar surface area (TPSA) is 50.4 Å². The van der Waals surface area contributed by atoms with Gasteiger partial charge in [0.05, 0.1) is 0 Å². The van der Waals surface area contributed by atoms with Gasteiger partial charge in [-0.05, 0) is 42.5 Å². The van der Waals surface area contributed by atoms with E-state index in [0.717, 1.165) is 22.1 Å². The average molecular weight is 246 g/mol. The van der Waals surface area contributed by atoms with Gasteiger partial charge in [-0.3, -0.25) is 0 Å². The van der Waals surface area contributed by atoms with E-state index in [-0.39, 0.29) is 11.2 Å². The molecule has 1 heterocycles. The molecule has 0 fully saturated rings. The van der Waals surface area contributed by atoms with Gasteiger partial charge in [-0.2, -0.15) is 0 Å². The summed E-state index contributed by atoms with van der Waals surface area (Å²) in [5.41, 5.74) is 3.41. The number of carbonyl (C=O) groups is 1. The summed E-state index contributed by atoms with van der Waals surface area (Å²) >= 11 is 0. The van der Waals surface area contributed by atoms with Crippen LogP contribution in [0.2, 0.25) is 0 Å². The Kier molecular flexibility index (Phi) is 2.73. The molecule has 0 bridgehead atoms. The number of benzene rings is 1. The highest BCUT2D eigenvalue weighted by Gasteiger charge is 2.29. The SMILES string of the molecule is Cc1cc2oc(C(=O)O)c(C(C)(C)C)c2cc1C. The number of hydrogen-bond donors (Lipinski definition) is 1. The summed E-state index contributed by atoms with van der Waals surface area (Å²) in [6.07, 6.45) is 0. The molecule has 0 saturated heterocycles. The van der Waals surface area contributed by atoms with Gasteiger partial charge < -0.3 is 9.52 Å². The third kappa shape index (κ3) is 1.90. The number of rotatable bonds is 1. The first kappa shape index (κ1) is 12.7.